The molecule has 1 atom stereocenters. The quantitative estimate of drug-likeness (QED) is 0.691. The monoisotopic (exact) mass is 366 g/mol. The van der Waals surface area contributed by atoms with E-state index in [-0.39, 0.29) is 23.8 Å². The van der Waals surface area contributed by atoms with Crippen molar-refractivity contribution in [2.75, 3.05) is 12.1 Å². The van der Waals surface area contributed by atoms with Gasteiger partial charge in [-0.15, -0.1) is 0 Å². The van der Waals surface area contributed by atoms with E-state index in [1.165, 1.54) is 9.13 Å². The molecular formula is C19H22N6O2. The summed E-state index contributed by atoms with van der Waals surface area (Å²) < 4.78 is 4.59. The molecule has 2 aromatic heterocycles. The van der Waals surface area contributed by atoms with Crippen molar-refractivity contribution in [2.24, 2.45) is 12.1 Å². The lowest BCUT2D eigenvalue weighted by Gasteiger charge is -2.26. The number of benzene rings is 1. The molecule has 0 spiro atoms. The SMILES string of the molecule is CC1=NN(C)c2nc3c(c(=O)n(Cc4ccccc4C)c(=O)n3C)n2C1C. The topological polar surface area (TPSA) is 77.4 Å². The summed E-state index contributed by atoms with van der Waals surface area (Å²) in [5.41, 5.74) is 2.96. The van der Waals surface area contributed by atoms with Crippen LogP contribution in [0.3, 0.4) is 0 Å². The third-order valence-corrected chi connectivity index (χ3v) is 5.34. The summed E-state index contributed by atoms with van der Waals surface area (Å²) in [6, 6.07) is 7.65. The first-order valence-electron chi connectivity index (χ1n) is 8.86. The molecular weight excluding hydrogens is 344 g/mol. The van der Waals surface area contributed by atoms with Crippen molar-refractivity contribution >= 4 is 22.8 Å². The van der Waals surface area contributed by atoms with Crippen LogP contribution >= 0.6 is 0 Å². The predicted octanol–water partition coefficient (Wildman–Crippen LogP) is 1.64. The van der Waals surface area contributed by atoms with Crippen LogP contribution in [0.25, 0.3) is 11.2 Å². The van der Waals surface area contributed by atoms with Gasteiger partial charge in [-0.25, -0.2) is 9.80 Å². The average molecular weight is 366 g/mol. The smallest absolute Gasteiger partial charge is 0.294 e. The molecule has 140 valence electrons. The number of imidazole rings is 1. The molecule has 4 rings (SSSR count). The molecule has 0 saturated heterocycles. The Morgan fingerprint density at radius 1 is 1.11 bits per heavy atom. The van der Waals surface area contributed by atoms with Crippen LogP contribution in [0.5, 0.6) is 0 Å². The number of hydrogen-bond donors (Lipinski definition) is 0. The molecule has 1 aromatic carbocycles. The predicted molar refractivity (Wildman–Crippen MR) is 106 cm³/mol. The molecule has 27 heavy (non-hydrogen) atoms. The zero-order valence-electron chi connectivity index (χ0n) is 16.1. The third-order valence-electron chi connectivity index (χ3n) is 5.34. The molecule has 1 aliphatic heterocycles. The van der Waals surface area contributed by atoms with Crippen molar-refractivity contribution in [1.82, 2.24) is 18.7 Å². The lowest BCUT2D eigenvalue weighted by molar-refractivity contribution is 0.637. The molecule has 1 unspecified atom stereocenters. The number of aromatic nitrogens is 4. The zero-order valence-corrected chi connectivity index (χ0v) is 16.1. The Kier molecular flexibility index (Phi) is 3.80. The molecule has 3 aromatic rings. The molecule has 0 amide bonds. The van der Waals surface area contributed by atoms with Gasteiger partial charge in [-0.3, -0.25) is 18.5 Å². The molecule has 0 N–H and O–H groups in total. The van der Waals surface area contributed by atoms with E-state index in [0.717, 1.165) is 16.8 Å². The van der Waals surface area contributed by atoms with Crippen molar-refractivity contribution in [1.29, 1.82) is 0 Å². The van der Waals surface area contributed by atoms with Gasteiger partial charge in [-0.1, -0.05) is 24.3 Å². The van der Waals surface area contributed by atoms with E-state index in [1.54, 1.807) is 19.1 Å². The molecule has 3 heterocycles. The second-order valence-electron chi connectivity index (χ2n) is 7.05. The number of hydrazone groups is 1. The normalized spacial score (nSPS) is 16.6. The largest absolute Gasteiger partial charge is 0.332 e. The van der Waals surface area contributed by atoms with Crippen molar-refractivity contribution in [3.63, 3.8) is 0 Å². The first-order valence-corrected chi connectivity index (χ1v) is 8.86. The van der Waals surface area contributed by atoms with Gasteiger partial charge in [0.1, 0.15) is 0 Å². The zero-order chi connectivity index (χ0) is 19.5. The number of nitrogens with zero attached hydrogens (tertiary/aromatic N) is 6. The minimum absolute atomic E-state index is 0.113. The average Bonchev–Trinajstić information content (AvgIpc) is 3.04. The maximum atomic E-state index is 13.3. The third kappa shape index (κ3) is 2.43. The van der Waals surface area contributed by atoms with E-state index in [0.29, 0.717) is 17.1 Å². The Labute approximate surface area is 156 Å². The fourth-order valence-electron chi connectivity index (χ4n) is 3.57. The summed E-state index contributed by atoms with van der Waals surface area (Å²) in [4.78, 5) is 30.8. The van der Waals surface area contributed by atoms with Gasteiger partial charge in [0.25, 0.3) is 5.56 Å². The Morgan fingerprint density at radius 3 is 2.52 bits per heavy atom. The Morgan fingerprint density at radius 2 is 1.81 bits per heavy atom. The fraction of sp³-hybridized carbons (Fsp3) is 0.368. The lowest BCUT2D eigenvalue weighted by atomic mass is 10.1. The van der Waals surface area contributed by atoms with Crippen LogP contribution in [0.15, 0.2) is 39.0 Å². The molecule has 1 aliphatic rings. The van der Waals surface area contributed by atoms with Gasteiger partial charge >= 0.3 is 5.69 Å². The second kappa shape index (κ2) is 5.94. The summed E-state index contributed by atoms with van der Waals surface area (Å²) in [7, 11) is 3.44. The van der Waals surface area contributed by atoms with Crippen LogP contribution < -0.4 is 16.3 Å². The van der Waals surface area contributed by atoms with Crippen LogP contribution in [0.4, 0.5) is 5.95 Å². The van der Waals surface area contributed by atoms with Gasteiger partial charge in [-0.05, 0) is 31.9 Å². The van der Waals surface area contributed by atoms with Crippen LogP contribution in [-0.4, -0.2) is 31.4 Å². The minimum Gasteiger partial charge on any atom is -0.294 e. The van der Waals surface area contributed by atoms with Gasteiger partial charge in [0.15, 0.2) is 11.2 Å². The van der Waals surface area contributed by atoms with Crippen molar-refractivity contribution in [3.8, 4) is 0 Å². The van der Waals surface area contributed by atoms with Gasteiger partial charge < -0.3 is 0 Å². The molecule has 0 aliphatic carbocycles. The summed E-state index contributed by atoms with van der Waals surface area (Å²) >= 11 is 0. The van der Waals surface area contributed by atoms with Gasteiger partial charge in [-0.2, -0.15) is 10.1 Å². The molecule has 0 saturated carbocycles. The molecule has 8 nitrogen and oxygen atoms in total. The van der Waals surface area contributed by atoms with Crippen molar-refractivity contribution in [3.05, 3.63) is 56.2 Å². The number of anilines is 1. The Bertz CT molecular complexity index is 1210. The second-order valence-corrected chi connectivity index (χ2v) is 7.05. The number of hydrogen-bond acceptors (Lipinski definition) is 5. The molecule has 0 radical (unpaired) electrons. The summed E-state index contributed by atoms with van der Waals surface area (Å²) in [5, 5.41) is 6.10. The number of fused-ring (bicyclic) bond motifs is 3. The van der Waals surface area contributed by atoms with Crippen LogP contribution in [0, 0.1) is 6.92 Å². The highest BCUT2D eigenvalue weighted by Crippen LogP contribution is 2.28. The highest BCUT2D eigenvalue weighted by molar-refractivity contribution is 5.90. The lowest BCUT2D eigenvalue weighted by Crippen LogP contribution is -2.40. The van der Waals surface area contributed by atoms with E-state index in [2.05, 4.69) is 10.1 Å². The van der Waals surface area contributed by atoms with Crippen molar-refractivity contribution < 1.29 is 0 Å². The van der Waals surface area contributed by atoms with Gasteiger partial charge in [0.2, 0.25) is 5.95 Å². The van der Waals surface area contributed by atoms with E-state index in [9.17, 15) is 9.59 Å². The summed E-state index contributed by atoms with van der Waals surface area (Å²) in [5.74, 6) is 0.559. The maximum Gasteiger partial charge on any atom is 0.332 e. The van der Waals surface area contributed by atoms with Gasteiger partial charge in [0.05, 0.1) is 18.3 Å². The first-order chi connectivity index (χ1) is 12.8. The summed E-state index contributed by atoms with van der Waals surface area (Å²) in [6.45, 7) is 6.10. The standard InChI is InChI=1S/C19H22N6O2/c1-11-8-6-7-9-14(11)10-24-17(26)15-16(22(4)19(24)27)20-18-23(5)21-12(2)13(3)25(15)18/h6-9,13H,10H2,1-5H3. The fourth-order valence-corrected chi connectivity index (χ4v) is 3.57. The Balaban J connectivity index is 2.03. The molecule has 0 fully saturated rings. The summed E-state index contributed by atoms with van der Waals surface area (Å²) in [6.07, 6.45) is 0. The minimum atomic E-state index is -0.376. The molecule has 0 bridgehead atoms. The number of aryl methyl sites for hydroxylation is 2. The first kappa shape index (κ1) is 17.3. The van der Waals surface area contributed by atoms with Crippen molar-refractivity contribution in [2.45, 2.75) is 33.4 Å². The highest BCUT2D eigenvalue weighted by atomic mass is 16.2. The maximum absolute atomic E-state index is 13.3. The van der Waals surface area contributed by atoms with Gasteiger partial charge in [0, 0.05) is 14.1 Å². The Hall–Kier alpha value is -3.16. The van der Waals surface area contributed by atoms with E-state index in [1.807, 2.05) is 49.6 Å². The van der Waals surface area contributed by atoms with Crippen LogP contribution in [0.2, 0.25) is 0 Å². The van der Waals surface area contributed by atoms with Crippen LogP contribution in [-0.2, 0) is 13.6 Å². The van der Waals surface area contributed by atoms with E-state index in [4.69, 9.17) is 0 Å². The van der Waals surface area contributed by atoms with E-state index < -0.39 is 0 Å². The van der Waals surface area contributed by atoms with Crippen LogP contribution in [0.1, 0.15) is 31.0 Å². The highest BCUT2D eigenvalue weighted by Gasteiger charge is 2.29. The number of rotatable bonds is 2. The van der Waals surface area contributed by atoms with E-state index >= 15 is 0 Å². The molecule has 8 heteroatoms.